The van der Waals surface area contributed by atoms with Crippen LogP contribution in [0.5, 0.6) is 0 Å². The Morgan fingerprint density at radius 1 is 0.542 bits per heavy atom. The normalized spacial score (nSPS) is 53.8. The van der Waals surface area contributed by atoms with Crippen molar-refractivity contribution in [3.05, 3.63) is 11.6 Å². The predicted octanol–water partition coefficient (Wildman–Crippen LogP) is -5.04. The fourth-order valence-electron chi connectivity index (χ4n) is 17.6. The van der Waals surface area contributed by atoms with Crippen molar-refractivity contribution in [1.82, 2.24) is 0 Å². The monoisotopic (exact) mass is 1410 g/mol. The Hall–Kier alpha value is -1.55. The molecule has 0 radical (unpaired) electrons. The smallest absolute Gasteiger partial charge is 0.394 e. The molecule has 10 fully saturated rings. The molecule has 96 heavy (non-hydrogen) atoms. The van der Waals surface area contributed by atoms with E-state index in [-0.39, 0.29) is 42.8 Å². The van der Waals surface area contributed by atoms with Gasteiger partial charge in [0.2, 0.25) is 0 Å². The number of fused-ring (bicyclic) bond motifs is 5. The van der Waals surface area contributed by atoms with Gasteiger partial charge in [-0.25, -0.2) is 4.18 Å². The molecule has 0 aromatic heterocycles. The van der Waals surface area contributed by atoms with Gasteiger partial charge in [-0.05, 0) is 119 Å². The third-order valence-corrected chi connectivity index (χ3v) is 23.6. The zero-order chi connectivity index (χ0) is 69.9. The van der Waals surface area contributed by atoms with Gasteiger partial charge in [0.25, 0.3) is 0 Å². The molecule has 0 aromatic rings. The summed E-state index contributed by atoms with van der Waals surface area (Å²) in [7, 11) is -4.90. The Labute approximate surface area is 555 Å². The highest BCUT2D eigenvalue weighted by atomic mass is 32.3. The van der Waals surface area contributed by atoms with Gasteiger partial charge in [-0.2, -0.15) is 8.42 Å². The van der Waals surface area contributed by atoms with Gasteiger partial charge in [0, 0.05) is 0 Å². The lowest BCUT2D eigenvalue weighted by atomic mass is 9.47. The SMILES string of the molecule is CC(C)C[C@@H]1O[C@H]1[C@](C)(O)[C@H]1CCC2C3C[C@H](O[C@@H]4O[C@H](C)[C@@H](O)[C@H](O[C@@H]5OC[C@@H](O[C@@H]6O[C@H](CO)[C@H](O)[C@H](O)[C@H]6O[C@@H]6O[C@H](C)[C@H](O)[C@H](O[C@@H]7O[C@H](CO)[C@@H](O)[C@H](O)[C@H]7O)[C@H]6O)[C@H](O)[C@H]5O[C@@H]5O[C@H](C)[C@@H](O)[C@H](O)[C@H]5O)[C@H]4O)C4C[C@@H](OS(=O)(=O)O)CC[C@]4(C)C3=CC[C@@]21C. The van der Waals surface area contributed by atoms with Gasteiger partial charge in [-0.15, -0.1) is 0 Å². The lowest BCUT2D eigenvalue weighted by Crippen LogP contribution is -2.67. The van der Waals surface area contributed by atoms with Crippen molar-refractivity contribution in [2.24, 2.45) is 40.4 Å². The molecule has 17 N–H and O–H groups in total. The third-order valence-electron chi connectivity index (χ3n) is 23.0. The van der Waals surface area contributed by atoms with Crippen LogP contribution in [0.4, 0.5) is 0 Å². The summed E-state index contributed by atoms with van der Waals surface area (Å²) in [5, 5.41) is 180. The molecule has 4 aliphatic carbocycles. The Kier molecular flexibility index (Phi) is 23.0. The molecule has 0 spiro atoms. The molecule has 7 saturated heterocycles. The lowest BCUT2D eigenvalue weighted by Gasteiger charge is -2.60. The van der Waals surface area contributed by atoms with Gasteiger partial charge in [0.1, 0.15) is 128 Å². The van der Waals surface area contributed by atoms with Gasteiger partial charge in [0.05, 0.1) is 62.0 Å². The van der Waals surface area contributed by atoms with Gasteiger partial charge in [-0.1, -0.05) is 39.3 Å². The van der Waals surface area contributed by atoms with E-state index in [1.54, 1.807) is 0 Å². The third kappa shape index (κ3) is 14.4. The minimum Gasteiger partial charge on any atom is -0.394 e. The van der Waals surface area contributed by atoms with Gasteiger partial charge >= 0.3 is 10.4 Å². The van der Waals surface area contributed by atoms with E-state index in [1.165, 1.54) is 26.3 Å². The molecule has 33 nitrogen and oxygen atoms in total. The van der Waals surface area contributed by atoms with E-state index >= 15 is 0 Å². The zero-order valence-electron chi connectivity index (χ0n) is 54.8. The molecule has 0 amide bonds. The Bertz CT molecular complexity index is 2750. The molecule has 11 aliphatic rings. The van der Waals surface area contributed by atoms with Crippen LogP contribution in [0, 0.1) is 40.4 Å². The Balaban J connectivity index is 0.843. The van der Waals surface area contributed by atoms with E-state index < -0.39 is 243 Å². The highest BCUT2D eigenvalue weighted by Crippen LogP contribution is 2.68. The summed E-state index contributed by atoms with van der Waals surface area (Å²) < 4.78 is 119. The van der Waals surface area contributed by atoms with Gasteiger partial charge in [-0.3, -0.25) is 4.55 Å². The van der Waals surface area contributed by atoms with E-state index in [1.807, 2.05) is 6.92 Å². The fourth-order valence-corrected chi connectivity index (χ4v) is 18.2. The number of hydrogen-bond donors (Lipinski definition) is 17. The molecular weight excluding hydrogens is 1300 g/mol. The number of rotatable bonds is 20. The van der Waals surface area contributed by atoms with Crippen LogP contribution in [-0.2, 0) is 76.2 Å². The molecule has 3 unspecified atom stereocenters. The van der Waals surface area contributed by atoms with Gasteiger partial charge < -0.3 is 143 Å². The number of aliphatic hydroxyl groups is 16. The second-order valence-electron chi connectivity index (χ2n) is 29.8. The van der Waals surface area contributed by atoms with Crippen LogP contribution in [0.3, 0.4) is 0 Å². The van der Waals surface area contributed by atoms with E-state index in [4.69, 9.17) is 65.8 Å². The first kappa shape index (κ1) is 75.6. The predicted molar refractivity (Wildman–Crippen MR) is 317 cm³/mol. The first-order valence-corrected chi connectivity index (χ1v) is 35.0. The van der Waals surface area contributed by atoms with E-state index in [2.05, 4.69) is 33.8 Å². The van der Waals surface area contributed by atoms with Crippen molar-refractivity contribution in [3.8, 4) is 0 Å². The molecule has 11 rings (SSSR count). The largest absolute Gasteiger partial charge is 0.397 e. The van der Waals surface area contributed by atoms with Crippen LogP contribution >= 0.6 is 0 Å². The zero-order valence-corrected chi connectivity index (χ0v) is 55.7. The van der Waals surface area contributed by atoms with Gasteiger partial charge in [0.15, 0.2) is 37.7 Å². The maximum Gasteiger partial charge on any atom is 0.397 e. The molecule has 554 valence electrons. The molecule has 0 aromatic carbocycles. The van der Waals surface area contributed by atoms with Crippen LogP contribution in [0.1, 0.15) is 107 Å². The first-order chi connectivity index (χ1) is 45.0. The minimum absolute atomic E-state index is 0.0387. The average molecular weight is 1410 g/mol. The van der Waals surface area contributed by atoms with Crippen molar-refractivity contribution in [1.29, 1.82) is 0 Å². The second kappa shape index (κ2) is 29.2. The number of allylic oxidation sites excluding steroid dienone is 2. The van der Waals surface area contributed by atoms with Crippen molar-refractivity contribution < 1.29 is 160 Å². The van der Waals surface area contributed by atoms with Crippen LogP contribution in [-0.4, -0.2) is 323 Å². The summed E-state index contributed by atoms with van der Waals surface area (Å²) in [5.74, 6) is -0.361. The fraction of sp³-hybridized carbons (Fsp3) is 0.968. The second-order valence-corrected chi connectivity index (χ2v) is 30.8. The minimum atomic E-state index is -4.90. The summed E-state index contributed by atoms with van der Waals surface area (Å²) in [4.78, 5) is 0. The van der Waals surface area contributed by atoms with E-state index in [9.17, 15) is 94.7 Å². The van der Waals surface area contributed by atoms with Crippen molar-refractivity contribution in [2.45, 2.75) is 315 Å². The van der Waals surface area contributed by atoms with Crippen molar-refractivity contribution in [2.75, 3.05) is 19.8 Å². The van der Waals surface area contributed by atoms with Crippen LogP contribution < -0.4 is 0 Å². The summed E-state index contributed by atoms with van der Waals surface area (Å²) in [6.07, 6.45) is -47.7. The van der Waals surface area contributed by atoms with Crippen molar-refractivity contribution in [3.63, 3.8) is 0 Å². The van der Waals surface area contributed by atoms with Crippen molar-refractivity contribution >= 4 is 10.4 Å². The van der Waals surface area contributed by atoms with E-state index in [0.29, 0.717) is 25.2 Å². The highest BCUT2D eigenvalue weighted by Gasteiger charge is 2.67. The molecule has 3 saturated carbocycles. The molecule has 7 aliphatic heterocycles. The Morgan fingerprint density at radius 2 is 1.04 bits per heavy atom. The summed E-state index contributed by atoms with van der Waals surface area (Å²) in [6.45, 7) is 12.1. The number of epoxide rings is 1. The van der Waals surface area contributed by atoms with E-state index in [0.717, 1.165) is 19.3 Å². The number of hydrogen-bond acceptors (Lipinski definition) is 32. The molecule has 34 heteroatoms. The number of aliphatic hydroxyl groups excluding tert-OH is 15. The average Bonchev–Trinajstić information content (AvgIpc) is 1.40. The maximum atomic E-state index is 12.5. The maximum absolute atomic E-state index is 12.5. The highest BCUT2D eigenvalue weighted by molar-refractivity contribution is 7.80. The van der Waals surface area contributed by atoms with Crippen LogP contribution in [0.25, 0.3) is 0 Å². The summed E-state index contributed by atoms with van der Waals surface area (Å²) in [6, 6.07) is 0. The standard InChI is InChI=1S/C62H102O33S/c1-21(2)15-31-53(86-31)62(8,78)35-10-9-27-26-17-30(29-16-25(95-96(79,80)81)11-13-60(29,6)28(26)12-14-61(27,35)7)87-56-47(76)50(38(67)23(4)84-56)92-58-51(93-54-45(74)42(71)36(65)22(3)83-54)41(70)34(20-82-58)90-59-52(44(73)40(69)33(19-64)89-59)94-57-48(77)49(37(66)24(5)85-57)91-55-46(75)43(72)39(68)32(18-63)88-55/h12,21-27,29-59,63-78H,9-11,13-20H2,1-8H3,(H,79,80,81)/t22-,23-,24-,25+,26?,27?,29?,30+,31+,32-,33-,34-,35+,36-,37+,38-,39-,40+,41+,42+,43+,44+,45-,46-,47-,48-,49+,50+,51-,52-,53-,54+,55+,56+,57+,58+,59+,60-,61+,62-/m1/s1. The first-order valence-electron chi connectivity index (χ1n) is 33.7. The quantitative estimate of drug-likeness (QED) is 0.0308. The van der Waals surface area contributed by atoms with Crippen LogP contribution in [0.15, 0.2) is 11.6 Å². The molecule has 7 heterocycles. The molecule has 0 bridgehead atoms. The summed E-state index contributed by atoms with van der Waals surface area (Å²) >= 11 is 0. The Morgan fingerprint density at radius 3 is 1.62 bits per heavy atom. The van der Waals surface area contributed by atoms with Crippen LogP contribution in [0.2, 0.25) is 0 Å². The molecular formula is C62H102O33S. The summed E-state index contributed by atoms with van der Waals surface area (Å²) in [5.41, 5.74) is -1.00. The topological polar surface area (TPSA) is 511 Å². The lowest BCUT2D eigenvalue weighted by molar-refractivity contribution is -0.402. The molecule has 40 atom stereocenters. The number of ether oxygens (including phenoxy) is 13.